The van der Waals surface area contributed by atoms with Crippen LogP contribution < -0.4 is 16.6 Å². The molecule has 3 rings (SSSR count). The number of nitrogens with zero attached hydrogens (tertiary/aromatic N) is 4. The number of ether oxygens (including phenoxy) is 1. The van der Waals surface area contributed by atoms with Crippen LogP contribution in [0.5, 0.6) is 0 Å². The van der Waals surface area contributed by atoms with Gasteiger partial charge in [0.15, 0.2) is 17.7 Å². The van der Waals surface area contributed by atoms with Crippen LogP contribution in [0.3, 0.4) is 0 Å². The molecule has 1 saturated heterocycles. The van der Waals surface area contributed by atoms with E-state index < -0.39 is 61.3 Å². The number of phosphoric acid groups is 1. The smallest absolute Gasteiger partial charge is 0.387 e. The first kappa shape index (κ1) is 27.3. The number of nitrogens with two attached hydrogens (primary N) is 3. The second-order valence-corrected chi connectivity index (χ2v) is 11.0. The number of phosphoric ester groups is 1. The summed E-state index contributed by atoms with van der Waals surface area (Å²) < 4.78 is 56.2. The van der Waals surface area contributed by atoms with Crippen molar-refractivity contribution >= 4 is 41.1 Å². The second-order valence-electron chi connectivity index (χ2n) is 8.09. The number of aliphatic hydroxyl groups is 2. The van der Waals surface area contributed by atoms with Crippen molar-refractivity contribution in [3.05, 3.63) is 12.7 Å². The Labute approximate surface area is 199 Å². The van der Waals surface area contributed by atoms with Crippen LogP contribution in [0, 0.1) is 5.92 Å². The molecule has 1 aliphatic rings. The van der Waals surface area contributed by atoms with E-state index in [0.29, 0.717) is 0 Å². The lowest BCUT2D eigenvalue weighted by atomic mass is 10.1. The third kappa shape index (κ3) is 6.49. The van der Waals surface area contributed by atoms with E-state index in [1.807, 2.05) is 0 Å². The maximum absolute atomic E-state index is 12.8. The van der Waals surface area contributed by atoms with E-state index in [0.717, 1.165) is 6.33 Å². The fraction of sp³-hybridized carbons (Fsp3) is 0.625. The molecule has 35 heavy (non-hydrogen) atoms. The minimum Gasteiger partial charge on any atom is -0.387 e. The predicted octanol–water partition coefficient (Wildman–Crippen LogP) is -1.71. The number of hydrogen-bond acceptors (Lipinski definition) is 15. The molecule has 0 bridgehead atoms. The molecule has 0 amide bonds. The third-order valence-corrected chi connectivity index (χ3v) is 7.25. The Bertz CT molecular complexity index is 1220. The van der Waals surface area contributed by atoms with Crippen molar-refractivity contribution in [2.24, 2.45) is 16.8 Å². The first-order chi connectivity index (χ1) is 16.2. The lowest BCUT2D eigenvalue weighted by Crippen LogP contribution is -2.35. The minimum atomic E-state index is -5.19. The highest BCUT2D eigenvalue weighted by molar-refractivity contribution is 7.88. The fourth-order valence-corrected chi connectivity index (χ4v) is 5.34. The SMILES string of the molecule is CC(C)C[C@H](N)C(=O)OP(=O)(OC[C@H]1O[C@@H](n2cnc3c(N)ncnc32)[C@H](O)[C@@H]1O)OS(N)(=O)=O. The molecule has 0 spiro atoms. The molecule has 1 fully saturated rings. The number of fused-ring (bicyclic) bond motifs is 1. The Balaban J connectivity index is 1.76. The molecule has 0 saturated carbocycles. The van der Waals surface area contributed by atoms with Crippen LogP contribution in [0.2, 0.25) is 0 Å². The highest BCUT2D eigenvalue weighted by atomic mass is 32.2. The van der Waals surface area contributed by atoms with E-state index in [-0.39, 0.29) is 29.3 Å². The zero-order valence-electron chi connectivity index (χ0n) is 18.6. The number of nitrogen functional groups attached to an aromatic ring is 1. The number of carbonyl (C=O) groups excluding carboxylic acids is 1. The normalized spacial score (nSPS) is 25.6. The average Bonchev–Trinajstić information content (AvgIpc) is 3.27. The van der Waals surface area contributed by atoms with E-state index in [1.54, 1.807) is 13.8 Å². The van der Waals surface area contributed by atoms with Gasteiger partial charge in [-0.2, -0.15) is 8.42 Å². The lowest BCUT2D eigenvalue weighted by molar-refractivity contribution is -0.138. The molecule has 17 nitrogen and oxygen atoms in total. The van der Waals surface area contributed by atoms with E-state index in [9.17, 15) is 28.0 Å². The Hall–Kier alpha value is -2.28. The molecular formula is C16H26N7O10PS. The standard InChI is InChI=1S/C16H26N7O10PS/c1-7(2)3-8(17)16(26)32-34(27,33-35(19,28)29)30-4-9-11(24)12(25)15(31-9)23-6-22-10-13(18)20-5-21-14(10)23/h5-9,11-12,15,24-25H,3-4,17H2,1-2H3,(H2,18,20,21)(H2,19,28,29)/t8-,9+,11+,12+,15+,34?/m0/s1. The summed E-state index contributed by atoms with van der Waals surface area (Å²) >= 11 is 0. The van der Waals surface area contributed by atoms with Gasteiger partial charge in [0.2, 0.25) is 0 Å². The van der Waals surface area contributed by atoms with E-state index >= 15 is 0 Å². The van der Waals surface area contributed by atoms with Crippen LogP contribution in [0.15, 0.2) is 12.7 Å². The van der Waals surface area contributed by atoms with Gasteiger partial charge in [0, 0.05) is 0 Å². The van der Waals surface area contributed by atoms with Gasteiger partial charge in [0.1, 0.15) is 36.2 Å². The Morgan fingerprint density at radius 2 is 1.97 bits per heavy atom. The number of rotatable bonds is 10. The molecule has 0 radical (unpaired) electrons. The quantitative estimate of drug-likeness (QED) is 0.210. The average molecular weight is 539 g/mol. The molecule has 2 aromatic heterocycles. The predicted molar refractivity (Wildman–Crippen MR) is 117 cm³/mol. The van der Waals surface area contributed by atoms with Crippen molar-refractivity contribution in [1.82, 2.24) is 19.5 Å². The van der Waals surface area contributed by atoms with Crippen LogP contribution in [-0.4, -0.2) is 75.1 Å². The van der Waals surface area contributed by atoms with Crippen molar-refractivity contribution in [1.29, 1.82) is 0 Å². The minimum absolute atomic E-state index is 0.0441. The highest BCUT2D eigenvalue weighted by Gasteiger charge is 2.47. The van der Waals surface area contributed by atoms with Crippen molar-refractivity contribution < 1.29 is 45.7 Å². The summed E-state index contributed by atoms with van der Waals surface area (Å²) in [4.78, 5) is 24.0. The summed E-state index contributed by atoms with van der Waals surface area (Å²) in [6, 6.07) is -1.26. The van der Waals surface area contributed by atoms with Gasteiger partial charge in [-0.3, -0.25) is 9.09 Å². The summed E-state index contributed by atoms with van der Waals surface area (Å²) in [6.07, 6.45) is -3.30. The van der Waals surface area contributed by atoms with Gasteiger partial charge in [-0.05, 0) is 12.3 Å². The third-order valence-electron chi connectivity index (χ3n) is 4.82. The van der Waals surface area contributed by atoms with Gasteiger partial charge in [-0.1, -0.05) is 13.8 Å². The lowest BCUT2D eigenvalue weighted by Gasteiger charge is -2.21. The largest absolute Gasteiger partial charge is 0.548 e. The first-order valence-corrected chi connectivity index (χ1v) is 13.1. The number of carbonyl (C=O) groups is 1. The van der Waals surface area contributed by atoms with E-state index in [4.69, 9.17) is 25.9 Å². The van der Waals surface area contributed by atoms with Crippen LogP contribution in [0.1, 0.15) is 26.5 Å². The molecule has 196 valence electrons. The van der Waals surface area contributed by atoms with Gasteiger partial charge >= 0.3 is 24.1 Å². The maximum atomic E-state index is 12.8. The van der Waals surface area contributed by atoms with Crippen molar-refractivity contribution in [2.45, 2.75) is 50.8 Å². The Morgan fingerprint density at radius 1 is 1.29 bits per heavy atom. The summed E-state index contributed by atoms with van der Waals surface area (Å²) in [6.45, 7) is 2.67. The zero-order valence-corrected chi connectivity index (χ0v) is 20.3. The van der Waals surface area contributed by atoms with Gasteiger partial charge in [-0.15, -0.1) is 3.97 Å². The molecule has 0 aliphatic carbocycles. The van der Waals surface area contributed by atoms with Crippen LogP contribution in [0.4, 0.5) is 5.82 Å². The van der Waals surface area contributed by atoms with E-state index in [1.165, 1.54) is 10.9 Å². The molecule has 2 aromatic rings. The molecule has 8 N–H and O–H groups in total. The fourth-order valence-electron chi connectivity index (χ4n) is 3.29. The van der Waals surface area contributed by atoms with Gasteiger partial charge < -0.3 is 30.9 Å². The van der Waals surface area contributed by atoms with Crippen molar-refractivity contribution in [3.63, 3.8) is 0 Å². The topological polar surface area (TPSA) is 267 Å². The molecule has 0 aromatic carbocycles. The van der Waals surface area contributed by atoms with Gasteiger partial charge in [0.05, 0.1) is 12.9 Å². The zero-order chi connectivity index (χ0) is 26.1. The van der Waals surface area contributed by atoms with Gasteiger partial charge in [0.25, 0.3) is 0 Å². The van der Waals surface area contributed by atoms with Crippen molar-refractivity contribution in [3.8, 4) is 0 Å². The number of imidazole rings is 1. The molecule has 1 unspecified atom stereocenters. The maximum Gasteiger partial charge on any atom is 0.548 e. The number of aromatic nitrogens is 4. The Morgan fingerprint density at radius 3 is 2.60 bits per heavy atom. The summed E-state index contributed by atoms with van der Waals surface area (Å²) in [5, 5.41) is 25.6. The summed E-state index contributed by atoms with van der Waals surface area (Å²) in [7, 11) is -10.1. The molecule has 1 aliphatic heterocycles. The molecule has 6 atom stereocenters. The second kappa shape index (κ2) is 10.4. The molecule has 19 heteroatoms. The van der Waals surface area contributed by atoms with Crippen LogP contribution in [0.25, 0.3) is 11.2 Å². The number of hydrogen-bond donors (Lipinski definition) is 5. The number of aliphatic hydroxyl groups excluding tert-OH is 2. The van der Waals surface area contributed by atoms with Crippen LogP contribution in [-0.2, 0) is 37.4 Å². The van der Waals surface area contributed by atoms with Crippen molar-refractivity contribution in [2.75, 3.05) is 12.3 Å². The first-order valence-electron chi connectivity index (χ1n) is 10.1. The Kier molecular flexibility index (Phi) is 8.09. The van der Waals surface area contributed by atoms with Gasteiger partial charge in [-0.25, -0.2) is 29.5 Å². The molecular weight excluding hydrogens is 513 g/mol. The van der Waals surface area contributed by atoms with Crippen LogP contribution >= 0.6 is 7.82 Å². The highest BCUT2D eigenvalue weighted by Crippen LogP contribution is 2.51. The van der Waals surface area contributed by atoms with E-state index in [2.05, 4.69) is 23.4 Å². The monoisotopic (exact) mass is 539 g/mol. The number of anilines is 1. The summed E-state index contributed by atoms with van der Waals surface area (Å²) in [5.41, 5.74) is 11.8. The molecule has 3 heterocycles. The summed E-state index contributed by atoms with van der Waals surface area (Å²) in [5.74, 6) is -1.24.